The Morgan fingerprint density at radius 1 is 1.00 bits per heavy atom. The third-order valence-electron chi connectivity index (χ3n) is 3.67. The highest BCUT2D eigenvalue weighted by Gasteiger charge is 2.26. The zero-order valence-corrected chi connectivity index (χ0v) is 13.5. The van der Waals surface area contributed by atoms with Crippen LogP contribution in [0.15, 0.2) is 55.1 Å². The highest BCUT2D eigenvalue weighted by Crippen LogP contribution is 2.29. The molecule has 3 rings (SSSR count). The number of hydrogen-bond donors (Lipinski definition) is 3. The first-order chi connectivity index (χ1) is 11.9. The molecule has 0 saturated carbocycles. The van der Waals surface area contributed by atoms with Gasteiger partial charge in [-0.25, -0.2) is 4.79 Å². The van der Waals surface area contributed by atoms with E-state index in [9.17, 15) is 9.59 Å². The molecule has 2 aliphatic rings. The molecular formula is C19H19NO5. The van der Waals surface area contributed by atoms with Gasteiger partial charge in [0.1, 0.15) is 11.8 Å². The first-order valence-electron chi connectivity index (χ1n) is 7.61. The maximum Gasteiger partial charge on any atom is 0.344 e. The summed E-state index contributed by atoms with van der Waals surface area (Å²) in [5, 5.41) is 17.6. The molecule has 0 fully saturated rings. The Morgan fingerprint density at radius 3 is 1.84 bits per heavy atom. The Labute approximate surface area is 145 Å². The van der Waals surface area contributed by atoms with Gasteiger partial charge in [0.25, 0.3) is 0 Å². The fourth-order valence-electron chi connectivity index (χ4n) is 2.04. The number of rotatable bonds is 7. The number of nitrogens with two attached hydrogens (primary N) is 1. The Morgan fingerprint density at radius 2 is 1.52 bits per heavy atom. The summed E-state index contributed by atoms with van der Waals surface area (Å²) in [7, 11) is 0. The minimum Gasteiger partial charge on any atom is -0.480 e. The Kier molecular flexibility index (Phi) is 5.92. The smallest absolute Gasteiger partial charge is 0.344 e. The van der Waals surface area contributed by atoms with E-state index in [1.165, 1.54) is 11.1 Å². The molecule has 4 N–H and O–H groups in total. The van der Waals surface area contributed by atoms with Gasteiger partial charge >= 0.3 is 11.9 Å². The third kappa shape index (κ3) is 4.92. The number of fused-ring (bicyclic) bond motifs is 1. The summed E-state index contributed by atoms with van der Waals surface area (Å²) in [5.74, 6) is -2.20. The summed E-state index contributed by atoms with van der Waals surface area (Å²) in [6.07, 6.45) is 0.0211. The highest BCUT2D eigenvalue weighted by atomic mass is 16.5. The Hall–Kier alpha value is -3.12. The van der Waals surface area contributed by atoms with Gasteiger partial charge in [0.05, 0.1) is 0 Å². The lowest BCUT2D eigenvalue weighted by Crippen LogP contribution is -2.39. The molecule has 0 saturated heterocycles. The van der Waals surface area contributed by atoms with E-state index in [4.69, 9.17) is 20.7 Å². The summed E-state index contributed by atoms with van der Waals surface area (Å²) in [4.78, 5) is 21.6. The first kappa shape index (κ1) is 18.2. The minimum atomic E-state index is -1.30. The Balaban J connectivity index is 0.000000306. The maximum atomic E-state index is 11.0. The molecule has 0 aliphatic heterocycles. The average Bonchev–Trinajstić information content (AvgIpc) is 2.58. The van der Waals surface area contributed by atoms with Crippen molar-refractivity contribution in [2.45, 2.75) is 18.6 Å². The molecule has 2 unspecified atom stereocenters. The van der Waals surface area contributed by atoms with Gasteiger partial charge in [-0.2, -0.15) is 0 Å². The van der Waals surface area contributed by atoms with E-state index >= 15 is 0 Å². The fourth-order valence-corrected chi connectivity index (χ4v) is 2.04. The van der Waals surface area contributed by atoms with Crippen molar-refractivity contribution in [1.82, 2.24) is 0 Å². The summed E-state index contributed by atoms with van der Waals surface area (Å²) in [5.41, 5.74) is 9.01. The van der Waals surface area contributed by atoms with E-state index in [2.05, 4.69) is 30.8 Å². The standard InChI is InChI=1S/C13H15NO5.C6H4/c1-2-8-3-5-9(6-4-8)19-11(13(17)18)7-10(14)12(15)16;1-2-6-4-3-5(1)6/h2-6,10-11H,1,7,14H2,(H,15,16)(H,17,18);1-4H. The molecule has 130 valence electrons. The number of hydrogen-bond acceptors (Lipinski definition) is 4. The summed E-state index contributed by atoms with van der Waals surface area (Å²) >= 11 is 0. The molecule has 0 bridgehead atoms. The topological polar surface area (TPSA) is 110 Å². The van der Waals surface area contributed by atoms with E-state index < -0.39 is 24.1 Å². The number of aliphatic carboxylic acids is 2. The predicted molar refractivity (Wildman–Crippen MR) is 94.2 cm³/mol. The second-order valence-corrected chi connectivity index (χ2v) is 5.48. The molecule has 0 aromatic heterocycles. The van der Waals surface area contributed by atoms with Gasteiger partial charge in [0, 0.05) is 6.42 Å². The van der Waals surface area contributed by atoms with Gasteiger partial charge in [-0.05, 0) is 28.8 Å². The summed E-state index contributed by atoms with van der Waals surface area (Å²) < 4.78 is 5.22. The predicted octanol–water partition coefficient (Wildman–Crippen LogP) is 2.63. The van der Waals surface area contributed by atoms with E-state index in [0.29, 0.717) is 5.75 Å². The lowest BCUT2D eigenvalue weighted by atomic mass is 9.95. The molecule has 0 spiro atoms. The van der Waals surface area contributed by atoms with Crippen molar-refractivity contribution in [2.75, 3.05) is 0 Å². The molecular weight excluding hydrogens is 322 g/mol. The number of carbonyl (C=O) groups is 2. The van der Waals surface area contributed by atoms with E-state index in [0.717, 1.165) is 5.56 Å². The molecule has 0 amide bonds. The lowest BCUT2D eigenvalue weighted by molar-refractivity contribution is -0.146. The quantitative estimate of drug-likeness (QED) is 0.609. The van der Waals surface area contributed by atoms with Crippen LogP contribution in [0.5, 0.6) is 5.75 Å². The largest absolute Gasteiger partial charge is 0.480 e. The van der Waals surface area contributed by atoms with Crippen molar-refractivity contribution in [1.29, 1.82) is 0 Å². The highest BCUT2D eigenvalue weighted by molar-refractivity contribution is 5.77. The molecule has 0 heterocycles. The van der Waals surface area contributed by atoms with Gasteiger partial charge in [0.15, 0.2) is 6.10 Å². The van der Waals surface area contributed by atoms with Crippen LogP contribution < -0.4 is 10.5 Å². The van der Waals surface area contributed by atoms with Crippen LogP contribution >= 0.6 is 0 Å². The van der Waals surface area contributed by atoms with Crippen molar-refractivity contribution in [2.24, 2.45) is 5.73 Å². The van der Waals surface area contributed by atoms with Crippen molar-refractivity contribution in [3.05, 3.63) is 60.7 Å². The zero-order valence-electron chi connectivity index (χ0n) is 13.5. The lowest BCUT2D eigenvalue weighted by Gasteiger charge is -2.17. The van der Waals surface area contributed by atoms with Gasteiger partial charge in [-0.15, -0.1) is 0 Å². The van der Waals surface area contributed by atoms with Gasteiger partial charge in [-0.1, -0.05) is 49.1 Å². The van der Waals surface area contributed by atoms with Crippen LogP contribution in [0.2, 0.25) is 0 Å². The number of carboxylic acid groups (broad SMARTS) is 2. The van der Waals surface area contributed by atoms with Crippen LogP contribution in [0.3, 0.4) is 0 Å². The van der Waals surface area contributed by atoms with Crippen LogP contribution in [-0.2, 0) is 9.59 Å². The van der Waals surface area contributed by atoms with Gasteiger partial charge < -0.3 is 20.7 Å². The van der Waals surface area contributed by atoms with Crippen molar-refractivity contribution < 1.29 is 24.5 Å². The van der Waals surface area contributed by atoms with Crippen LogP contribution in [-0.4, -0.2) is 34.3 Å². The number of ether oxygens (including phenoxy) is 1. The molecule has 2 atom stereocenters. The number of benzene rings is 2. The molecule has 2 aliphatic carbocycles. The first-order valence-corrected chi connectivity index (χ1v) is 7.61. The summed E-state index contributed by atoms with van der Waals surface area (Å²) in [6.45, 7) is 3.59. The molecule has 25 heavy (non-hydrogen) atoms. The van der Waals surface area contributed by atoms with Crippen LogP contribution in [0.1, 0.15) is 12.0 Å². The van der Waals surface area contributed by atoms with Crippen molar-refractivity contribution in [3.8, 4) is 16.9 Å². The molecule has 1 aromatic rings. The maximum absolute atomic E-state index is 11.0. The molecule has 0 radical (unpaired) electrons. The number of carboxylic acids is 2. The van der Waals surface area contributed by atoms with Crippen molar-refractivity contribution in [3.63, 3.8) is 0 Å². The molecule has 6 heteroatoms. The Bertz CT molecular complexity index is 731. The van der Waals surface area contributed by atoms with E-state index in [1.807, 2.05) is 0 Å². The summed E-state index contributed by atoms with van der Waals surface area (Å²) in [6, 6.07) is 13.8. The van der Waals surface area contributed by atoms with E-state index in [-0.39, 0.29) is 6.42 Å². The van der Waals surface area contributed by atoms with Crippen LogP contribution in [0.4, 0.5) is 0 Å². The normalized spacial score (nSPS) is 12.8. The van der Waals surface area contributed by atoms with Gasteiger partial charge in [0.2, 0.25) is 0 Å². The fraction of sp³-hybridized carbons (Fsp3) is 0.158. The van der Waals surface area contributed by atoms with Gasteiger partial charge in [-0.3, -0.25) is 4.79 Å². The second kappa shape index (κ2) is 8.12. The zero-order chi connectivity index (χ0) is 18.4. The minimum absolute atomic E-state index is 0.312. The molecule has 1 aromatic carbocycles. The van der Waals surface area contributed by atoms with Crippen LogP contribution in [0, 0.1) is 0 Å². The monoisotopic (exact) mass is 341 g/mol. The van der Waals surface area contributed by atoms with E-state index in [1.54, 1.807) is 30.3 Å². The van der Waals surface area contributed by atoms with Crippen LogP contribution in [0.25, 0.3) is 17.2 Å². The molecule has 6 nitrogen and oxygen atoms in total. The SMILES string of the molecule is C=Cc1ccc(OC(CC(N)C(=O)O)C(=O)O)cc1.c1cc2ccc1-2. The third-order valence-corrected chi connectivity index (χ3v) is 3.67. The average molecular weight is 341 g/mol. The van der Waals surface area contributed by atoms with Crippen molar-refractivity contribution >= 4 is 18.0 Å². The second-order valence-electron chi connectivity index (χ2n) is 5.48.